The molecule has 33 heavy (non-hydrogen) atoms. The van der Waals surface area contributed by atoms with Crippen molar-refractivity contribution < 1.29 is 14.6 Å². The molecule has 2 aliphatic rings. The number of aryl methyl sites for hydroxylation is 1. The van der Waals surface area contributed by atoms with Gasteiger partial charge in [-0.3, -0.25) is 0 Å². The maximum absolute atomic E-state index is 7.00. The lowest BCUT2D eigenvalue weighted by Crippen LogP contribution is -2.25. The van der Waals surface area contributed by atoms with Crippen molar-refractivity contribution in [3.63, 3.8) is 0 Å². The molecular formula is C29H41ClO3. The van der Waals surface area contributed by atoms with Crippen LogP contribution in [0.1, 0.15) is 80.5 Å². The van der Waals surface area contributed by atoms with Crippen molar-refractivity contribution in [1.82, 2.24) is 0 Å². The number of benzene rings is 2. The molecule has 182 valence electrons. The van der Waals surface area contributed by atoms with Gasteiger partial charge in [0, 0.05) is 25.3 Å². The summed E-state index contributed by atoms with van der Waals surface area (Å²) in [5.74, 6) is 3.00. The predicted molar refractivity (Wildman–Crippen MR) is 138 cm³/mol. The fourth-order valence-corrected chi connectivity index (χ4v) is 5.84. The van der Waals surface area contributed by atoms with Gasteiger partial charge in [0.15, 0.2) is 0 Å². The molecule has 3 unspecified atom stereocenters. The van der Waals surface area contributed by atoms with Crippen molar-refractivity contribution in [2.75, 3.05) is 26.9 Å². The molecular weight excluding hydrogens is 432 g/mol. The van der Waals surface area contributed by atoms with E-state index in [0.717, 1.165) is 49.9 Å². The van der Waals surface area contributed by atoms with E-state index in [9.17, 15) is 0 Å². The molecule has 0 radical (unpaired) electrons. The molecule has 2 aromatic carbocycles. The normalized spacial score (nSPS) is 23.2. The summed E-state index contributed by atoms with van der Waals surface area (Å²) in [6.07, 6.45) is 9.47. The summed E-state index contributed by atoms with van der Waals surface area (Å²) in [4.78, 5) is 0. The molecule has 3 nitrogen and oxygen atoms in total. The molecule has 2 aromatic rings. The monoisotopic (exact) mass is 472 g/mol. The van der Waals surface area contributed by atoms with E-state index in [1.807, 2.05) is 6.92 Å². The molecule has 3 atom stereocenters. The zero-order valence-corrected chi connectivity index (χ0v) is 21.4. The summed E-state index contributed by atoms with van der Waals surface area (Å²) in [5, 5.41) is 7.92. The second kappa shape index (κ2) is 13.4. The van der Waals surface area contributed by atoms with Crippen molar-refractivity contribution in [3.8, 4) is 5.75 Å². The SMILES string of the molecule is CCOc1ccc(Cc2cc3c(cc2Cl)CCCCCOCC2CC(C)CC3C2)cc1.CO. The first kappa shape index (κ1) is 26.1. The van der Waals surface area contributed by atoms with E-state index in [2.05, 4.69) is 43.3 Å². The molecule has 1 saturated carbocycles. The van der Waals surface area contributed by atoms with Crippen molar-refractivity contribution >= 4 is 11.6 Å². The summed E-state index contributed by atoms with van der Waals surface area (Å²) in [6.45, 7) is 6.98. The molecule has 1 fully saturated rings. The minimum Gasteiger partial charge on any atom is -0.494 e. The lowest BCUT2D eigenvalue weighted by Gasteiger charge is -2.35. The largest absolute Gasteiger partial charge is 0.494 e. The summed E-state index contributed by atoms with van der Waals surface area (Å²) < 4.78 is 11.6. The Hall–Kier alpha value is -1.55. The Morgan fingerprint density at radius 2 is 1.82 bits per heavy atom. The van der Waals surface area contributed by atoms with Crippen molar-refractivity contribution in [3.05, 3.63) is 63.7 Å². The van der Waals surface area contributed by atoms with Gasteiger partial charge >= 0.3 is 0 Å². The third kappa shape index (κ3) is 7.47. The maximum atomic E-state index is 7.00. The molecule has 1 aliphatic carbocycles. The van der Waals surface area contributed by atoms with Gasteiger partial charge in [-0.2, -0.15) is 0 Å². The fraction of sp³-hybridized carbons (Fsp3) is 0.586. The molecule has 0 saturated heterocycles. The van der Waals surface area contributed by atoms with Gasteiger partial charge in [0.1, 0.15) is 5.75 Å². The van der Waals surface area contributed by atoms with Gasteiger partial charge in [-0.25, -0.2) is 0 Å². The average molecular weight is 473 g/mol. The Kier molecular flexibility index (Phi) is 10.6. The van der Waals surface area contributed by atoms with Gasteiger partial charge in [-0.1, -0.05) is 43.1 Å². The van der Waals surface area contributed by atoms with Crippen LogP contribution in [0.25, 0.3) is 0 Å². The minimum atomic E-state index is 0.628. The standard InChI is InChI=1S/C28H37ClO2.CH4O/c1-3-31-26-10-8-21(9-11-26)15-25-17-27-23(18-28(25)29)7-5-4-6-12-30-19-22-13-20(2)14-24(27)16-22;1-2/h8-11,17-18,20,22,24H,3-7,12-16,19H2,1-2H3;2H,1H3. The van der Waals surface area contributed by atoms with Crippen molar-refractivity contribution in [2.24, 2.45) is 11.8 Å². The van der Waals surface area contributed by atoms with E-state index < -0.39 is 0 Å². The first-order valence-electron chi connectivity index (χ1n) is 12.7. The Labute approximate surface area is 205 Å². The van der Waals surface area contributed by atoms with Crippen LogP contribution < -0.4 is 4.74 Å². The molecule has 1 aliphatic heterocycles. The third-order valence-corrected chi connectivity index (χ3v) is 7.36. The molecule has 4 rings (SSSR count). The van der Waals surface area contributed by atoms with E-state index in [4.69, 9.17) is 26.2 Å². The number of fused-ring (bicyclic) bond motifs is 4. The van der Waals surface area contributed by atoms with Crippen LogP contribution in [-0.4, -0.2) is 32.0 Å². The van der Waals surface area contributed by atoms with Crippen LogP contribution in [0.2, 0.25) is 5.02 Å². The van der Waals surface area contributed by atoms with Crippen LogP contribution in [0.3, 0.4) is 0 Å². The van der Waals surface area contributed by atoms with Gasteiger partial charge < -0.3 is 14.6 Å². The highest BCUT2D eigenvalue weighted by molar-refractivity contribution is 6.31. The van der Waals surface area contributed by atoms with E-state index in [0.29, 0.717) is 18.4 Å². The van der Waals surface area contributed by atoms with E-state index in [1.54, 1.807) is 5.56 Å². The van der Waals surface area contributed by atoms with Crippen LogP contribution >= 0.6 is 11.6 Å². The van der Waals surface area contributed by atoms with E-state index in [-0.39, 0.29) is 0 Å². The minimum absolute atomic E-state index is 0.628. The lowest BCUT2D eigenvalue weighted by molar-refractivity contribution is 0.0685. The Bertz CT molecular complexity index is 849. The number of aliphatic hydroxyl groups is 1. The van der Waals surface area contributed by atoms with Crippen LogP contribution in [-0.2, 0) is 17.6 Å². The molecule has 2 bridgehead atoms. The second-order valence-electron chi connectivity index (χ2n) is 9.66. The highest BCUT2D eigenvalue weighted by Gasteiger charge is 2.29. The number of aliphatic hydroxyl groups excluding tert-OH is 1. The molecule has 0 amide bonds. The summed E-state index contributed by atoms with van der Waals surface area (Å²) in [7, 11) is 1.00. The smallest absolute Gasteiger partial charge is 0.119 e. The summed E-state index contributed by atoms with van der Waals surface area (Å²) in [6, 6.07) is 13.2. The second-order valence-corrected chi connectivity index (χ2v) is 10.1. The number of hydrogen-bond donors (Lipinski definition) is 1. The molecule has 0 aromatic heterocycles. The van der Waals surface area contributed by atoms with Crippen LogP contribution in [0.5, 0.6) is 5.75 Å². The van der Waals surface area contributed by atoms with Crippen LogP contribution in [0.4, 0.5) is 0 Å². The number of halogens is 1. The predicted octanol–water partition coefficient (Wildman–Crippen LogP) is 7.20. The Morgan fingerprint density at radius 1 is 1.03 bits per heavy atom. The topological polar surface area (TPSA) is 38.7 Å². The van der Waals surface area contributed by atoms with Gasteiger partial charge in [0.2, 0.25) is 0 Å². The lowest BCUT2D eigenvalue weighted by atomic mass is 9.72. The first-order chi connectivity index (χ1) is 16.1. The number of rotatable bonds is 4. The highest BCUT2D eigenvalue weighted by atomic mass is 35.5. The molecule has 1 N–H and O–H groups in total. The number of hydrogen-bond acceptors (Lipinski definition) is 3. The van der Waals surface area contributed by atoms with E-state index >= 15 is 0 Å². The zero-order chi connectivity index (χ0) is 23.6. The van der Waals surface area contributed by atoms with Crippen LogP contribution in [0.15, 0.2) is 36.4 Å². The number of ether oxygens (including phenoxy) is 2. The maximum Gasteiger partial charge on any atom is 0.119 e. The van der Waals surface area contributed by atoms with Gasteiger partial charge in [-0.05, 0) is 110 Å². The Balaban J connectivity index is 0.00000149. The quantitative estimate of drug-likeness (QED) is 0.511. The van der Waals surface area contributed by atoms with Crippen LogP contribution in [0, 0.1) is 11.8 Å². The van der Waals surface area contributed by atoms with Gasteiger partial charge in [0.05, 0.1) is 6.61 Å². The molecule has 4 heteroatoms. The molecule has 0 spiro atoms. The fourth-order valence-electron chi connectivity index (χ4n) is 5.58. The Morgan fingerprint density at radius 3 is 2.58 bits per heavy atom. The third-order valence-electron chi connectivity index (χ3n) is 7.01. The van der Waals surface area contributed by atoms with E-state index in [1.165, 1.54) is 55.2 Å². The van der Waals surface area contributed by atoms with Gasteiger partial charge in [0.25, 0.3) is 0 Å². The average Bonchev–Trinajstić information content (AvgIpc) is 2.81. The van der Waals surface area contributed by atoms with Crippen molar-refractivity contribution in [1.29, 1.82) is 0 Å². The zero-order valence-electron chi connectivity index (χ0n) is 20.6. The van der Waals surface area contributed by atoms with Gasteiger partial charge in [-0.15, -0.1) is 0 Å². The summed E-state index contributed by atoms with van der Waals surface area (Å²) in [5.41, 5.74) is 5.58. The first-order valence-corrected chi connectivity index (χ1v) is 13.1. The summed E-state index contributed by atoms with van der Waals surface area (Å²) >= 11 is 6.84. The molecule has 1 heterocycles. The highest BCUT2D eigenvalue weighted by Crippen LogP contribution is 2.42. The van der Waals surface area contributed by atoms with Crippen molar-refractivity contribution in [2.45, 2.75) is 71.1 Å².